The lowest BCUT2D eigenvalue weighted by atomic mass is 9.31. The number of carboxylic acid groups (broad SMARTS) is 1. The van der Waals surface area contributed by atoms with Crippen LogP contribution in [-0.2, 0) is 4.79 Å². The standard InChI is InChI=1S/C46H92O22/c1-2-3-4-5-6-7-8-9-10-42(11-31(57)21-47,12-32(58)22-48)44(15-35(61)25-51,16-36(62)26-52)46(19-39(65)29-55,20-40(66)30-56)45(17-37(63)27-53,18-38(64)28-54)43(41(67)68,13-33(59)23-49)14-34(60)24-50/h31-40,47-66H,2-30H2,1H3,(H,67,68). The van der Waals surface area contributed by atoms with E-state index in [-0.39, 0.29) is 12.8 Å². The molecule has 0 aliphatic rings. The summed E-state index contributed by atoms with van der Waals surface area (Å²) in [6.07, 6.45) is -26.2. The Labute approximate surface area is 400 Å². The van der Waals surface area contributed by atoms with Crippen LogP contribution in [0, 0.1) is 27.1 Å². The van der Waals surface area contributed by atoms with Gasteiger partial charge < -0.3 is 107 Å². The second-order valence-electron chi connectivity index (χ2n) is 19.5. The molecule has 0 bridgehead atoms. The Hall–Kier alpha value is -1.33. The van der Waals surface area contributed by atoms with Crippen molar-refractivity contribution in [3.05, 3.63) is 0 Å². The van der Waals surface area contributed by atoms with Gasteiger partial charge in [0.2, 0.25) is 0 Å². The predicted octanol–water partition coefficient (Wildman–Crippen LogP) is -4.03. The third kappa shape index (κ3) is 17.7. The van der Waals surface area contributed by atoms with Crippen molar-refractivity contribution in [3.63, 3.8) is 0 Å². The van der Waals surface area contributed by atoms with E-state index >= 15 is 0 Å². The first kappa shape index (κ1) is 66.7. The summed E-state index contributed by atoms with van der Waals surface area (Å²) in [6, 6.07) is 0. The Morgan fingerprint density at radius 1 is 0.324 bits per heavy atom. The highest BCUT2D eigenvalue weighted by Crippen LogP contribution is 2.77. The first-order valence-electron chi connectivity index (χ1n) is 24.2. The van der Waals surface area contributed by atoms with Crippen molar-refractivity contribution >= 4 is 5.97 Å². The van der Waals surface area contributed by atoms with Gasteiger partial charge in [-0.05, 0) is 92.3 Å². The van der Waals surface area contributed by atoms with Gasteiger partial charge in [0.05, 0.1) is 133 Å². The first-order chi connectivity index (χ1) is 32.0. The summed E-state index contributed by atoms with van der Waals surface area (Å²) < 4.78 is 0. The van der Waals surface area contributed by atoms with E-state index in [1.54, 1.807) is 0 Å². The zero-order chi connectivity index (χ0) is 52.4. The average molecular weight is 997 g/mol. The summed E-state index contributed by atoms with van der Waals surface area (Å²) in [5, 5.41) is 237. The Bertz CT molecular complexity index is 1240. The number of carboxylic acids is 1. The van der Waals surface area contributed by atoms with E-state index in [2.05, 4.69) is 0 Å². The summed E-state index contributed by atoms with van der Waals surface area (Å²) in [5.74, 6) is -2.05. The Morgan fingerprint density at radius 2 is 0.559 bits per heavy atom. The van der Waals surface area contributed by atoms with E-state index in [0.717, 1.165) is 32.1 Å². The molecule has 0 aromatic carbocycles. The van der Waals surface area contributed by atoms with Gasteiger partial charge in [0.15, 0.2) is 0 Å². The van der Waals surface area contributed by atoms with Crippen LogP contribution in [-0.4, -0.2) is 240 Å². The van der Waals surface area contributed by atoms with Crippen molar-refractivity contribution in [2.45, 2.75) is 190 Å². The third-order valence-corrected chi connectivity index (χ3v) is 14.7. The number of hydrogen-bond donors (Lipinski definition) is 21. The minimum absolute atomic E-state index is 0.0967. The maximum absolute atomic E-state index is 14.8. The highest BCUT2D eigenvalue weighted by molar-refractivity contribution is 5.76. The molecule has 0 heterocycles. The molecule has 0 radical (unpaired) electrons. The highest BCUT2D eigenvalue weighted by Gasteiger charge is 2.76. The van der Waals surface area contributed by atoms with E-state index in [1.165, 1.54) is 0 Å². The van der Waals surface area contributed by atoms with Gasteiger partial charge in [-0.25, -0.2) is 0 Å². The van der Waals surface area contributed by atoms with Crippen LogP contribution in [0.4, 0.5) is 0 Å². The molecule has 0 aliphatic heterocycles. The zero-order valence-electron chi connectivity index (χ0n) is 40.1. The molecule has 0 amide bonds. The molecule has 0 saturated heterocycles. The largest absolute Gasteiger partial charge is 0.481 e. The number of unbranched alkanes of at least 4 members (excludes halogenated alkanes) is 7. The van der Waals surface area contributed by atoms with Crippen molar-refractivity contribution in [3.8, 4) is 0 Å². The van der Waals surface area contributed by atoms with Crippen molar-refractivity contribution < 1.29 is 112 Å². The number of aliphatic hydroxyl groups excluding tert-OH is 20. The quantitative estimate of drug-likeness (QED) is 0.0258. The molecule has 22 nitrogen and oxygen atoms in total. The normalized spacial score (nSPS) is 21.4. The second-order valence-corrected chi connectivity index (χ2v) is 19.5. The summed E-state index contributed by atoms with van der Waals surface area (Å²) >= 11 is 0. The molecule has 0 saturated carbocycles. The Kier molecular flexibility index (Phi) is 32.8. The lowest BCUT2D eigenvalue weighted by Gasteiger charge is -2.73. The van der Waals surface area contributed by atoms with Crippen molar-refractivity contribution in [2.24, 2.45) is 27.1 Å². The van der Waals surface area contributed by atoms with Gasteiger partial charge in [0.25, 0.3) is 0 Å². The van der Waals surface area contributed by atoms with Crippen LogP contribution in [0.5, 0.6) is 0 Å². The Balaban J connectivity index is 10.7. The van der Waals surface area contributed by atoms with Gasteiger partial charge in [0, 0.05) is 0 Å². The van der Waals surface area contributed by atoms with Gasteiger partial charge >= 0.3 is 5.97 Å². The van der Waals surface area contributed by atoms with Crippen LogP contribution in [0.1, 0.15) is 129 Å². The minimum atomic E-state index is -3.11. The minimum Gasteiger partial charge on any atom is -0.481 e. The van der Waals surface area contributed by atoms with E-state index < -0.39 is 224 Å². The lowest BCUT2D eigenvalue weighted by molar-refractivity contribution is -0.290. The fourth-order valence-electron chi connectivity index (χ4n) is 12.2. The molecule has 21 N–H and O–H groups in total. The molecule has 0 aromatic heterocycles. The maximum atomic E-state index is 14.8. The molecule has 0 aromatic rings. The zero-order valence-corrected chi connectivity index (χ0v) is 40.1. The van der Waals surface area contributed by atoms with Crippen LogP contribution in [0.3, 0.4) is 0 Å². The summed E-state index contributed by atoms with van der Waals surface area (Å²) in [7, 11) is 0. The van der Waals surface area contributed by atoms with Gasteiger partial charge in [-0.15, -0.1) is 0 Å². The lowest BCUT2D eigenvalue weighted by Crippen LogP contribution is -2.72. The van der Waals surface area contributed by atoms with Crippen LogP contribution < -0.4 is 0 Å². The van der Waals surface area contributed by atoms with E-state index in [4.69, 9.17) is 0 Å². The molecule has 68 heavy (non-hydrogen) atoms. The topological polar surface area (TPSA) is 442 Å². The van der Waals surface area contributed by atoms with Gasteiger partial charge in [-0.1, -0.05) is 58.3 Å². The monoisotopic (exact) mass is 997 g/mol. The maximum Gasteiger partial charge on any atom is 0.310 e. The first-order valence-corrected chi connectivity index (χ1v) is 24.2. The smallest absolute Gasteiger partial charge is 0.310 e. The number of carbonyl (C=O) groups is 1. The van der Waals surface area contributed by atoms with E-state index in [0.29, 0.717) is 12.8 Å². The molecule has 22 heteroatoms. The van der Waals surface area contributed by atoms with Crippen molar-refractivity contribution in [2.75, 3.05) is 66.1 Å². The summed E-state index contributed by atoms with van der Waals surface area (Å²) in [6.45, 7) is -9.78. The molecular weight excluding hydrogens is 904 g/mol. The molecular formula is C46H92O22. The van der Waals surface area contributed by atoms with E-state index in [9.17, 15) is 112 Å². The van der Waals surface area contributed by atoms with Crippen molar-refractivity contribution in [1.29, 1.82) is 0 Å². The molecule has 408 valence electrons. The Morgan fingerprint density at radius 3 is 0.838 bits per heavy atom. The average Bonchev–Trinajstić information content (AvgIpc) is 3.32. The van der Waals surface area contributed by atoms with E-state index in [1.807, 2.05) is 6.92 Å². The molecule has 0 spiro atoms. The summed E-state index contributed by atoms with van der Waals surface area (Å²) in [5.41, 5.74) is -13.8. The van der Waals surface area contributed by atoms with Gasteiger partial charge in [0.1, 0.15) is 0 Å². The van der Waals surface area contributed by atoms with Crippen molar-refractivity contribution in [1.82, 2.24) is 0 Å². The highest BCUT2D eigenvalue weighted by atomic mass is 16.4. The second kappa shape index (κ2) is 33.4. The number of aliphatic carboxylic acids is 1. The fourth-order valence-corrected chi connectivity index (χ4v) is 12.2. The van der Waals surface area contributed by atoms with Gasteiger partial charge in [-0.2, -0.15) is 0 Å². The third-order valence-electron chi connectivity index (χ3n) is 14.7. The number of aliphatic hydroxyl groups is 20. The fraction of sp³-hybridized carbons (Fsp3) is 0.978. The SMILES string of the molecule is CCCCCCCCCCC(CC(O)CO)(CC(O)CO)C(CC(O)CO)(CC(O)CO)C(CC(O)CO)(CC(O)CO)C(CC(O)CO)(CC(O)CO)C(CC(O)CO)(CC(O)CO)C(=O)O. The molecule has 0 aliphatic carbocycles. The predicted molar refractivity (Wildman–Crippen MR) is 244 cm³/mol. The molecule has 0 rings (SSSR count). The number of rotatable bonds is 44. The molecule has 0 fully saturated rings. The van der Waals surface area contributed by atoms with Crippen LogP contribution in [0.15, 0.2) is 0 Å². The summed E-state index contributed by atoms with van der Waals surface area (Å²) in [4.78, 5) is 14.8. The van der Waals surface area contributed by atoms with Gasteiger partial charge in [-0.3, -0.25) is 4.79 Å². The van der Waals surface area contributed by atoms with Crippen LogP contribution in [0.25, 0.3) is 0 Å². The number of hydrogen-bond acceptors (Lipinski definition) is 21. The molecule has 10 atom stereocenters. The van der Waals surface area contributed by atoms with Crippen LogP contribution >= 0.6 is 0 Å². The van der Waals surface area contributed by atoms with Crippen LogP contribution in [0.2, 0.25) is 0 Å². The molecule has 10 unspecified atom stereocenters.